The van der Waals surface area contributed by atoms with Gasteiger partial charge in [-0.2, -0.15) is 0 Å². The Bertz CT molecular complexity index is 415. The maximum absolute atomic E-state index is 11.2. The van der Waals surface area contributed by atoms with Crippen molar-refractivity contribution in [2.45, 2.75) is 19.3 Å². The van der Waals surface area contributed by atoms with Crippen molar-refractivity contribution in [3.63, 3.8) is 0 Å². The first-order valence-corrected chi connectivity index (χ1v) is 6.99. The van der Waals surface area contributed by atoms with E-state index in [2.05, 4.69) is 15.9 Å². The Hall–Kier alpha value is -0.870. The first-order valence-electron chi connectivity index (χ1n) is 6.20. The third kappa shape index (κ3) is 4.42. The number of ether oxygens (including phenoxy) is 1. The van der Waals surface area contributed by atoms with Gasteiger partial charge in [0, 0.05) is 11.1 Å². The zero-order valence-electron chi connectivity index (χ0n) is 10.1. The molecule has 98 valence electrons. The molecule has 1 aromatic carbocycles. The summed E-state index contributed by atoms with van der Waals surface area (Å²) < 4.78 is 6.47. The highest BCUT2D eigenvalue weighted by Crippen LogP contribution is 2.29. The maximum atomic E-state index is 11.2. The number of rotatable bonds is 7. The minimum absolute atomic E-state index is 0.304. The summed E-state index contributed by atoms with van der Waals surface area (Å²) in [4.78, 5) is 11.2. The first kappa shape index (κ1) is 13.6. The quantitative estimate of drug-likeness (QED) is 0.841. The van der Waals surface area contributed by atoms with Crippen LogP contribution in [0.15, 0.2) is 28.7 Å². The van der Waals surface area contributed by atoms with E-state index in [1.807, 2.05) is 24.3 Å². The lowest BCUT2D eigenvalue weighted by Crippen LogP contribution is -2.22. The molecule has 0 radical (unpaired) electrons. The highest BCUT2D eigenvalue weighted by atomic mass is 79.9. The molecular formula is C14H17BrO3. The highest BCUT2D eigenvalue weighted by Gasteiger charge is 2.23. The largest absolute Gasteiger partial charge is 0.481 e. The van der Waals surface area contributed by atoms with E-state index in [-0.39, 0.29) is 0 Å². The van der Waals surface area contributed by atoms with E-state index in [0.29, 0.717) is 25.6 Å². The molecule has 4 heteroatoms. The monoisotopic (exact) mass is 312 g/mol. The fraction of sp³-hybridized carbons (Fsp3) is 0.500. The second-order valence-corrected chi connectivity index (χ2v) is 5.77. The zero-order valence-corrected chi connectivity index (χ0v) is 11.7. The minimum Gasteiger partial charge on any atom is -0.481 e. The standard InChI is InChI=1S/C14H17BrO3/c15-13-3-1-2-11(7-13)6-12(14(16)17)9-18-8-10-4-5-10/h1-3,7,10,12H,4-6,8-9H2,(H,16,17). The van der Waals surface area contributed by atoms with Crippen molar-refractivity contribution in [2.75, 3.05) is 13.2 Å². The predicted octanol–water partition coefficient (Wildman–Crippen LogP) is 3.12. The van der Waals surface area contributed by atoms with Gasteiger partial charge in [0.1, 0.15) is 0 Å². The highest BCUT2D eigenvalue weighted by molar-refractivity contribution is 9.10. The number of halogens is 1. The van der Waals surface area contributed by atoms with E-state index in [9.17, 15) is 9.90 Å². The molecular weight excluding hydrogens is 296 g/mol. The summed E-state index contributed by atoms with van der Waals surface area (Å²) in [5.74, 6) is -0.575. The average Bonchev–Trinajstić information content (AvgIpc) is 3.11. The van der Waals surface area contributed by atoms with Crippen molar-refractivity contribution >= 4 is 21.9 Å². The molecule has 3 nitrogen and oxygen atoms in total. The summed E-state index contributed by atoms with van der Waals surface area (Å²) in [6.07, 6.45) is 2.96. The predicted molar refractivity (Wildman–Crippen MR) is 72.5 cm³/mol. The Morgan fingerprint density at radius 2 is 2.28 bits per heavy atom. The topological polar surface area (TPSA) is 46.5 Å². The van der Waals surface area contributed by atoms with Crippen molar-refractivity contribution in [2.24, 2.45) is 11.8 Å². The molecule has 0 saturated heterocycles. The van der Waals surface area contributed by atoms with Gasteiger partial charge in [-0.25, -0.2) is 0 Å². The Morgan fingerprint density at radius 1 is 1.50 bits per heavy atom. The molecule has 1 unspecified atom stereocenters. The van der Waals surface area contributed by atoms with Crippen LogP contribution in [-0.2, 0) is 16.0 Å². The molecule has 0 aromatic heterocycles. The fourth-order valence-electron chi connectivity index (χ4n) is 1.83. The molecule has 2 rings (SSSR count). The van der Waals surface area contributed by atoms with Crippen LogP contribution in [0.2, 0.25) is 0 Å². The minimum atomic E-state index is -0.786. The van der Waals surface area contributed by atoms with Crippen molar-refractivity contribution in [1.82, 2.24) is 0 Å². The molecule has 1 aliphatic rings. The molecule has 1 saturated carbocycles. The summed E-state index contributed by atoms with van der Waals surface area (Å²) in [7, 11) is 0. The normalized spacial score (nSPS) is 16.5. The molecule has 1 N–H and O–H groups in total. The van der Waals surface area contributed by atoms with Crippen molar-refractivity contribution in [1.29, 1.82) is 0 Å². The number of hydrogen-bond acceptors (Lipinski definition) is 2. The average molecular weight is 313 g/mol. The maximum Gasteiger partial charge on any atom is 0.309 e. The van der Waals surface area contributed by atoms with Crippen molar-refractivity contribution in [3.05, 3.63) is 34.3 Å². The molecule has 0 amide bonds. The van der Waals surface area contributed by atoms with Crippen LogP contribution < -0.4 is 0 Å². The molecule has 0 aliphatic heterocycles. The number of aliphatic carboxylic acids is 1. The van der Waals surface area contributed by atoms with E-state index in [4.69, 9.17) is 4.74 Å². The second-order valence-electron chi connectivity index (χ2n) is 4.85. The van der Waals surface area contributed by atoms with Crippen LogP contribution in [0.4, 0.5) is 0 Å². The Labute approximate surface area is 115 Å². The van der Waals surface area contributed by atoms with Gasteiger partial charge in [0.15, 0.2) is 0 Å². The first-order chi connectivity index (χ1) is 8.65. The van der Waals surface area contributed by atoms with E-state index in [1.165, 1.54) is 12.8 Å². The third-order valence-electron chi connectivity index (χ3n) is 3.09. The number of carbonyl (C=O) groups is 1. The smallest absolute Gasteiger partial charge is 0.309 e. The lowest BCUT2D eigenvalue weighted by molar-refractivity contribution is -0.143. The number of benzene rings is 1. The van der Waals surface area contributed by atoms with Gasteiger partial charge < -0.3 is 9.84 Å². The Kier molecular flexibility index (Phi) is 4.78. The SMILES string of the molecule is O=C(O)C(COCC1CC1)Cc1cccc(Br)c1. The molecule has 0 bridgehead atoms. The third-order valence-corrected chi connectivity index (χ3v) is 3.58. The second kappa shape index (κ2) is 6.34. The van der Waals surface area contributed by atoms with Crippen LogP contribution in [-0.4, -0.2) is 24.3 Å². The summed E-state index contributed by atoms with van der Waals surface area (Å²) in [6, 6.07) is 7.75. The lowest BCUT2D eigenvalue weighted by atomic mass is 10.0. The molecule has 18 heavy (non-hydrogen) atoms. The lowest BCUT2D eigenvalue weighted by Gasteiger charge is -2.13. The van der Waals surface area contributed by atoms with Gasteiger partial charge in [-0.15, -0.1) is 0 Å². The summed E-state index contributed by atoms with van der Waals surface area (Å²) in [5.41, 5.74) is 1.02. The van der Waals surface area contributed by atoms with E-state index < -0.39 is 11.9 Å². The molecule has 1 aromatic rings. The molecule has 0 heterocycles. The molecule has 1 aliphatic carbocycles. The Balaban J connectivity index is 1.86. The van der Waals surface area contributed by atoms with Gasteiger partial charge in [0.05, 0.1) is 12.5 Å². The van der Waals surface area contributed by atoms with Gasteiger partial charge >= 0.3 is 5.97 Å². The van der Waals surface area contributed by atoms with Gasteiger partial charge in [-0.05, 0) is 42.9 Å². The summed E-state index contributed by atoms with van der Waals surface area (Å²) >= 11 is 3.39. The molecule has 1 atom stereocenters. The Morgan fingerprint density at radius 3 is 2.89 bits per heavy atom. The van der Waals surface area contributed by atoms with Crippen LogP contribution in [0.3, 0.4) is 0 Å². The zero-order chi connectivity index (χ0) is 13.0. The van der Waals surface area contributed by atoms with Crippen molar-refractivity contribution < 1.29 is 14.6 Å². The molecule has 0 spiro atoms. The van der Waals surface area contributed by atoms with Crippen LogP contribution in [0.5, 0.6) is 0 Å². The van der Waals surface area contributed by atoms with Gasteiger partial charge in [0.25, 0.3) is 0 Å². The number of hydrogen-bond donors (Lipinski definition) is 1. The van der Waals surface area contributed by atoms with Crippen LogP contribution in [0.25, 0.3) is 0 Å². The number of carboxylic acids is 1. The van der Waals surface area contributed by atoms with Crippen LogP contribution >= 0.6 is 15.9 Å². The van der Waals surface area contributed by atoms with E-state index in [0.717, 1.165) is 10.0 Å². The van der Waals surface area contributed by atoms with Crippen molar-refractivity contribution in [3.8, 4) is 0 Å². The summed E-state index contributed by atoms with van der Waals surface area (Å²) in [6.45, 7) is 1.01. The van der Waals surface area contributed by atoms with Gasteiger partial charge in [-0.1, -0.05) is 28.1 Å². The van der Waals surface area contributed by atoms with Gasteiger partial charge in [-0.3, -0.25) is 4.79 Å². The van der Waals surface area contributed by atoms with Crippen LogP contribution in [0.1, 0.15) is 18.4 Å². The number of carboxylic acid groups (broad SMARTS) is 1. The summed E-state index contributed by atoms with van der Waals surface area (Å²) in [5, 5.41) is 9.19. The van der Waals surface area contributed by atoms with Crippen LogP contribution in [0, 0.1) is 11.8 Å². The van der Waals surface area contributed by atoms with Gasteiger partial charge in [0.2, 0.25) is 0 Å². The van der Waals surface area contributed by atoms with E-state index >= 15 is 0 Å². The van der Waals surface area contributed by atoms with E-state index in [1.54, 1.807) is 0 Å². The molecule has 1 fully saturated rings. The fourth-order valence-corrected chi connectivity index (χ4v) is 2.27.